The molecule has 1 fully saturated rings. The number of rotatable bonds is 4. The predicted octanol–water partition coefficient (Wildman–Crippen LogP) is 7.34. The summed E-state index contributed by atoms with van der Waals surface area (Å²) >= 11 is 13.5. The van der Waals surface area contributed by atoms with Gasteiger partial charge >= 0.3 is 0 Å². The van der Waals surface area contributed by atoms with Crippen LogP contribution in [0.1, 0.15) is 16.8 Å². The molecule has 2 heterocycles. The summed E-state index contributed by atoms with van der Waals surface area (Å²) in [6, 6.07) is 19.8. The summed E-state index contributed by atoms with van der Waals surface area (Å²) in [5.74, 6) is -0.488. The number of nitrogens with zero attached hydrogens (tertiary/aromatic N) is 2. The average molecular weight is 510 g/mol. The SMILES string of the molecule is Cc1c(/C=C2/SC(=Nc3cccc(Cl)c3Cl)NC2=O)c2ccccc2n1Cc1ccccc1F. The van der Waals surface area contributed by atoms with Crippen molar-refractivity contribution in [1.82, 2.24) is 9.88 Å². The molecule has 34 heavy (non-hydrogen) atoms. The Hall–Kier alpha value is -3.06. The lowest BCUT2D eigenvalue weighted by atomic mass is 10.1. The van der Waals surface area contributed by atoms with Crippen LogP contribution in [-0.2, 0) is 11.3 Å². The number of carbonyl (C=O) groups excluding carboxylic acids is 1. The summed E-state index contributed by atoms with van der Waals surface area (Å²) in [7, 11) is 0. The smallest absolute Gasteiger partial charge is 0.264 e. The summed E-state index contributed by atoms with van der Waals surface area (Å²) in [4.78, 5) is 17.7. The summed E-state index contributed by atoms with van der Waals surface area (Å²) in [5.41, 5.74) is 3.90. The predicted molar refractivity (Wildman–Crippen MR) is 139 cm³/mol. The van der Waals surface area contributed by atoms with E-state index in [1.54, 1.807) is 30.3 Å². The second-order valence-electron chi connectivity index (χ2n) is 7.75. The molecule has 0 unspecified atom stereocenters. The van der Waals surface area contributed by atoms with E-state index in [-0.39, 0.29) is 11.7 Å². The van der Waals surface area contributed by atoms with Crippen LogP contribution in [0.3, 0.4) is 0 Å². The minimum absolute atomic E-state index is 0.243. The highest BCUT2D eigenvalue weighted by atomic mass is 35.5. The largest absolute Gasteiger partial charge is 0.340 e. The maximum atomic E-state index is 14.4. The van der Waals surface area contributed by atoms with Gasteiger partial charge in [0.15, 0.2) is 5.17 Å². The van der Waals surface area contributed by atoms with Gasteiger partial charge in [-0.3, -0.25) is 4.79 Å². The molecule has 0 radical (unpaired) electrons. The van der Waals surface area contributed by atoms with Crippen molar-refractivity contribution in [3.63, 3.8) is 0 Å². The van der Waals surface area contributed by atoms with Crippen LogP contribution < -0.4 is 5.32 Å². The van der Waals surface area contributed by atoms with E-state index in [1.807, 2.05) is 43.3 Å². The molecule has 170 valence electrons. The molecule has 0 bridgehead atoms. The molecule has 1 N–H and O–H groups in total. The van der Waals surface area contributed by atoms with Gasteiger partial charge in [0.2, 0.25) is 0 Å². The number of thioether (sulfide) groups is 1. The first-order chi connectivity index (χ1) is 16.4. The second kappa shape index (κ2) is 9.29. The summed E-state index contributed by atoms with van der Waals surface area (Å²) in [6.45, 7) is 2.37. The van der Waals surface area contributed by atoms with Crippen LogP contribution in [-0.4, -0.2) is 15.6 Å². The average Bonchev–Trinajstić information content (AvgIpc) is 3.30. The monoisotopic (exact) mass is 509 g/mol. The molecule has 8 heteroatoms. The van der Waals surface area contributed by atoms with E-state index >= 15 is 0 Å². The number of para-hydroxylation sites is 1. The van der Waals surface area contributed by atoms with Crippen LogP contribution in [0.2, 0.25) is 10.0 Å². The number of carbonyl (C=O) groups is 1. The Balaban J connectivity index is 1.54. The van der Waals surface area contributed by atoms with Crippen molar-refractivity contribution in [2.24, 2.45) is 4.99 Å². The van der Waals surface area contributed by atoms with Gasteiger partial charge in [-0.05, 0) is 49.0 Å². The fourth-order valence-corrected chi connectivity index (χ4v) is 5.09. The van der Waals surface area contributed by atoms with Crippen molar-refractivity contribution in [3.8, 4) is 0 Å². The molecular weight excluding hydrogens is 492 g/mol. The Morgan fingerprint density at radius 2 is 1.82 bits per heavy atom. The Morgan fingerprint density at radius 3 is 2.65 bits per heavy atom. The number of halogens is 3. The van der Waals surface area contributed by atoms with Gasteiger partial charge in [-0.2, -0.15) is 0 Å². The van der Waals surface area contributed by atoms with E-state index in [2.05, 4.69) is 14.9 Å². The molecule has 3 aromatic carbocycles. The number of aliphatic imine (C=N–C) groups is 1. The van der Waals surface area contributed by atoms with E-state index < -0.39 is 0 Å². The molecule has 0 spiro atoms. The first-order valence-electron chi connectivity index (χ1n) is 10.5. The lowest BCUT2D eigenvalue weighted by Crippen LogP contribution is -2.19. The topological polar surface area (TPSA) is 46.4 Å². The third kappa shape index (κ3) is 4.25. The molecule has 4 nitrogen and oxygen atoms in total. The van der Waals surface area contributed by atoms with Gasteiger partial charge < -0.3 is 9.88 Å². The van der Waals surface area contributed by atoms with Crippen LogP contribution in [0.5, 0.6) is 0 Å². The van der Waals surface area contributed by atoms with Crippen molar-refractivity contribution in [1.29, 1.82) is 0 Å². The van der Waals surface area contributed by atoms with Gasteiger partial charge in [0.05, 0.1) is 27.2 Å². The number of nitrogens with one attached hydrogen (secondary N) is 1. The maximum absolute atomic E-state index is 14.4. The molecule has 1 aliphatic rings. The fourth-order valence-electron chi connectivity index (χ4n) is 3.94. The molecule has 0 atom stereocenters. The van der Waals surface area contributed by atoms with Crippen LogP contribution in [0.15, 0.2) is 76.6 Å². The zero-order chi connectivity index (χ0) is 23.8. The maximum Gasteiger partial charge on any atom is 0.264 e. The van der Waals surface area contributed by atoms with Gasteiger partial charge in [-0.25, -0.2) is 9.38 Å². The lowest BCUT2D eigenvalue weighted by Gasteiger charge is -2.09. The summed E-state index contributed by atoms with van der Waals surface area (Å²) in [6.07, 6.45) is 1.86. The third-order valence-electron chi connectivity index (χ3n) is 5.65. The van der Waals surface area contributed by atoms with Gasteiger partial charge in [0.25, 0.3) is 5.91 Å². The number of amidine groups is 1. The van der Waals surface area contributed by atoms with Crippen molar-refractivity contribution in [3.05, 3.63) is 104 Å². The molecule has 5 rings (SSSR count). The van der Waals surface area contributed by atoms with Gasteiger partial charge in [0.1, 0.15) is 5.82 Å². The van der Waals surface area contributed by atoms with Crippen molar-refractivity contribution >= 4 is 68.7 Å². The van der Waals surface area contributed by atoms with Crippen LogP contribution in [0, 0.1) is 12.7 Å². The number of benzene rings is 3. The molecule has 0 aliphatic carbocycles. The Morgan fingerprint density at radius 1 is 1.06 bits per heavy atom. The Bertz CT molecular complexity index is 1510. The molecule has 4 aromatic rings. The van der Waals surface area contributed by atoms with Crippen LogP contribution >= 0.6 is 35.0 Å². The van der Waals surface area contributed by atoms with Crippen LogP contribution in [0.25, 0.3) is 17.0 Å². The van der Waals surface area contributed by atoms with Gasteiger partial charge in [-0.15, -0.1) is 0 Å². The van der Waals surface area contributed by atoms with E-state index in [1.165, 1.54) is 17.8 Å². The number of amides is 1. The molecule has 1 aromatic heterocycles. The molecular formula is C26H18Cl2FN3OS. The zero-order valence-electron chi connectivity index (χ0n) is 18.0. The highest BCUT2D eigenvalue weighted by Crippen LogP contribution is 2.36. The van der Waals surface area contributed by atoms with Gasteiger partial charge in [0, 0.05) is 27.7 Å². The number of hydrogen-bond acceptors (Lipinski definition) is 3. The summed E-state index contributed by atoms with van der Waals surface area (Å²) < 4.78 is 16.4. The van der Waals surface area contributed by atoms with Crippen molar-refractivity contribution < 1.29 is 9.18 Å². The standard InChI is InChI=1S/C26H18Cl2FN3OS/c1-15-18(13-23-25(33)31-26(34-23)30-21-11-6-9-19(27)24(21)28)17-8-3-5-12-22(17)32(15)14-16-7-2-4-10-20(16)29/h2-13H,14H2,1H3,(H,30,31,33)/b23-13+. The minimum Gasteiger partial charge on any atom is -0.340 e. The third-order valence-corrected chi connectivity index (χ3v) is 7.36. The quantitative estimate of drug-likeness (QED) is 0.292. The number of hydrogen-bond donors (Lipinski definition) is 1. The zero-order valence-corrected chi connectivity index (χ0v) is 20.3. The Kier molecular flexibility index (Phi) is 6.21. The van der Waals surface area contributed by atoms with E-state index in [9.17, 15) is 9.18 Å². The van der Waals surface area contributed by atoms with Crippen LogP contribution in [0.4, 0.5) is 10.1 Å². The second-order valence-corrected chi connectivity index (χ2v) is 9.56. The highest BCUT2D eigenvalue weighted by molar-refractivity contribution is 8.18. The van der Waals surface area contributed by atoms with Gasteiger partial charge in [-0.1, -0.05) is 65.7 Å². The number of fused-ring (bicyclic) bond motifs is 1. The van der Waals surface area contributed by atoms with Crippen molar-refractivity contribution in [2.75, 3.05) is 0 Å². The highest BCUT2D eigenvalue weighted by Gasteiger charge is 2.25. The van der Waals surface area contributed by atoms with Crippen molar-refractivity contribution in [2.45, 2.75) is 13.5 Å². The lowest BCUT2D eigenvalue weighted by molar-refractivity contribution is -0.115. The normalized spacial score (nSPS) is 16.1. The Labute approximate surface area is 210 Å². The van der Waals surface area contributed by atoms with E-state index in [4.69, 9.17) is 23.2 Å². The molecule has 1 amide bonds. The molecule has 1 saturated heterocycles. The fraction of sp³-hybridized carbons (Fsp3) is 0.0769. The van der Waals surface area contributed by atoms with E-state index in [0.29, 0.717) is 37.9 Å². The van der Waals surface area contributed by atoms with E-state index in [0.717, 1.165) is 22.2 Å². The summed E-state index contributed by atoms with van der Waals surface area (Å²) in [5, 5.41) is 4.92. The first kappa shape index (κ1) is 22.7. The molecule has 1 aliphatic heterocycles. The molecule has 0 saturated carbocycles. The first-order valence-corrected chi connectivity index (χ1v) is 12.0. The number of aromatic nitrogens is 1. The minimum atomic E-state index is -0.245.